The van der Waals surface area contributed by atoms with Crippen LogP contribution in [-0.4, -0.2) is 40.5 Å². The normalized spacial score (nSPS) is 22.6. The molecule has 2 heterocycles. The first kappa shape index (κ1) is 19.1. The SMILES string of the molecule is CN=C(NCc1nccn1C(F)F)N1CC(C)CC(C)C1.I. The number of rotatable bonds is 3. The third-order valence-corrected chi connectivity index (χ3v) is 3.74. The molecule has 0 bridgehead atoms. The van der Waals surface area contributed by atoms with Crippen molar-refractivity contribution in [3.8, 4) is 0 Å². The first-order valence-corrected chi connectivity index (χ1v) is 7.26. The van der Waals surface area contributed by atoms with E-state index in [2.05, 4.69) is 34.0 Å². The van der Waals surface area contributed by atoms with Crippen molar-refractivity contribution in [2.24, 2.45) is 16.8 Å². The lowest BCUT2D eigenvalue weighted by Crippen LogP contribution is -2.48. The fraction of sp³-hybridized carbons (Fsp3) is 0.714. The van der Waals surface area contributed by atoms with Gasteiger partial charge in [0.1, 0.15) is 5.82 Å². The van der Waals surface area contributed by atoms with E-state index >= 15 is 0 Å². The lowest BCUT2D eigenvalue weighted by molar-refractivity contribution is 0.0668. The van der Waals surface area contributed by atoms with Crippen LogP contribution in [0.5, 0.6) is 0 Å². The molecule has 1 aliphatic rings. The molecule has 2 rings (SSSR count). The monoisotopic (exact) mass is 427 g/mol. The highest BCUT2D eigenvalue weighted by atomic mass is 127. The van der Waals surface area contributed by atoms with E-state index < -0.39 is 6.55 Å². The first-order valence-electron chi connectivity index (χ1n) is 7.26. The lowest BCUT2D eigenvalue weighted by Gasteiger charge is -2.37. The summed E-state index contributed by atoms with van der Waals surface area (Å²) < 4.78 is 26.4. The molecule has 22 heavy (non-hydrogen) atoms. The van der Waals surface area contributed by atoms with Crippen LogP contribution in [-0.2, 0) is 6.54 Å². The molecule has 1 aliphatic heterocycles. The summed E-state index contributed by atoms with van der Waals surface area (Å²) in [6, 6.07) is 0. The van der Waals surface area contributed by atoms with E-state index in [1.54, 1.807) is 7.05 Å². The third-order valence-electron chi connectivity index (χ3n) is 3.74. The molecule has 1 saturated heterocycles. The van der Waals surface area contributed by atoms with Crippen LogP contribution < -0.4 is 5.32 Å². The number of guanidine groups is 1. The van der Waals surface area contributed by atoms with Gasteiger partial charge in [-0.15, -0.1) is 24.0 Å². The Bertz CT molecular complexity index is 481. The molecule has 1 fully saturated rings. The summed E-state index contributed by atoms with van der Waals surface area (Å²) in [4.78, 5) is 10.4. The minimum atomic E-state index is -2.57. The third kappa shape index (κ3) is 4.79. The maximum atomic E-state index is 12.8. The Morgan fingerprint density at radius 3 is 2.59 bits per heavy atom. The summed E-state index contributed by atoms with van der Waals surface area (Å²) in [5, 5.41) is 3.14. The van der Waals surface area contributed by atoms with Gasteiger partial charge in [0.15, 0.2) is 5.96 Å². The van der Waals surface area contributed by atoms with Crippen molar-refractivity contribution in [1.82, 2.24) is 19.8 Å². The van der Waals surface area contributed by atoms with Gasteiger partial charge < -0.3 is 10.2 Å². The van der Waals surface area contributed by atoms with Crippen molar-refractivity contribution >= 4 is 29.9 Å². The van der Waals surface area contributed by atoms with Gasteiger partial charge in [-0.2, -0.15) is 8.78 Å². The quantitative estimate of drug-likeness (QED) is 0.459. The molecule has 0 amide bonds. The zero-order valence-corrected chi connectivity index (χ0v) is 15.5. The number of nitrogens with zero attached hydrogens (tertiary/aromatic N) is 4. The predicted molar refractivity (Wildman–Crippen MR) is 93.6 cm³/mol. The Labute approximate surface area is 147 Å². The van der Waals surface area contributed by atoms with Crippen molar-refractivity contribution in [1.29, 1.82) is 0 Å². The van der Waals surface area contributed by atoms with Crippen LogP contribution in [0.3, 0.4) is 0 Å². The van der Waals surface area contributed by atoms with Gasteiger partial charge in [0.25, 0.3) is 0 Å². The van der Waals surface area contributed by atoms with Crippen molar-refractivity contribution in [2.75, 3.05) is 20.1 Å². The Morgan fingerprint density at radius 1 is 1.41 bits per heavy atom. The molecule has 2 atom stereocenters. The average Bonchev–Trinajstić information content (AvgIpc) is 2.87. The number of alkyl halides is 2. The number of nitrogens with one attached hydrogen (secondary N) is 1. The van der Waals surface area contributed by atoms with E-state index in [0.29, 0.717) is 17.7 Å². The Morgan fingerprint density at radius 2 is 2.05 bits per heavy atom. The van der Waals surface area contributed by atoms with Gasteiger partial charge in [-0.05, 0) is 18.3 Å². The molecule has 2 unspecified atom stereocenters. The standard InChI is InChI=1S/C14H23F2N5.HI/c1-10-6-11(2)9-20(8-10)14(17-3)19-7-12-18-4-5-21(12)13(15)16;/h4-5,10-11,13H,6-9H2,1-3H3,(H,17,19);1H. The Hall–Kier alpha value is -0.930. The summed E-state index contributed by atoms with van der Waals surface area (Å²) in [5.74, 6) is 2.27. The minimum Gasteiger partial charge on any atom is -0.349 e. The van der Waals surface area contributed by atoms with Crippen LogP contribution in [0.15, 0.2) is 17.4 Å². The van der Waals surface area contributed by atoms with Crippen molar-refractivity contribution < 1.29 is 8.78 Å². The fourth-order valence-corrected chi connectivity index (χ4v) is 2.98. The van der Waals surface area contributed by atoms with E-state index in [1.165, 1.54) is 18.8 Å². The summed E-state index contributed by atoms with van der Waals surface area (Å²) >= 11 is 0. The Kier molecular flexibility index (Phi) is 7.51. The van der Waals surface area contributed by atoms with E-state index in [-0.39, 0.29) is 30.5 Å². The molecule has 0 aliphatic carbocycles. The molecule has 0 spiro atoms. The van der Waals surface area contributed by atoms with Crippen LogP contribution in [0.1, 0.15) is 32.6 Å². The van der Waals surface area contributed by atoms with Gasteiger partial charge in [-0.3, -0.25) is 9.56 Å². The van der Waals surface area contributed by atoms with Crippen molar-refractivity contribution in [3.05, 3.63) is 18.2 Å². The number of hydrogen-bond acceptors (Lipinski definition) is 2. The number of piperidine rings is 1. The van der Waals surface area contributed by atoms with Gasteiger partial charge in [-0.25, -0.2) is 4.98 Å². The zero-order chi connectivity index (χ0) is 15.4. The summed E-state index contributed by atoms with van der Waals surface area (Å²) in [7, 11) is 1.71. The summed E-state index contributed by atoms with van der Waals surface area (Å²) in [6.07, 6.45) is 3.88. The second-order valence-corrected chi connectivity index (χ2v) is 5.78. The largest absolute Gasteiger partial charge is 0.349 e. The van der Waals surface area contributed by atoms with E-state index in [4.69, 9.17) is 0 Å². The molecule has 0 aromatic carbocycles. The summed E-state index contributed by atoms with van der Waals surface area (Å²) in [6.45, 7) is 3.99. The molecular formula is C14H24F2IN5. The molecule has 1 N–H and O–H groups in total. The predicted octanol–water partition coefficient (Wildman–Crippen LogP) is 2.95. The van der Waals surface area contributed by atoms with E-state index in [9.17, 15) is 8.78 Å². The van der Waals surface area contributed by atoms with E-state index in [1.807, 2.05) is 0 Å². The van der Waals surface area contributed by atoms with Crippen LogP contribution >= 0.6 is 24.0 Å². The minimum absolute atomic E-state index is 0. The highest BCUT2D eigenvalue weighted by Gasteiger charge is 2.24. The first-order chi connectivity index (χ1) is 10.0. The average molecular weight is 427 g/mol. The summed E-state index contributed by atoms with van der Waals surface area (Å²) in [5.41, 5.74) is 0. The van der Waals surface area contributed by atoms with Gasteiger partial charge in [0.05, 0.1) is 6.54 Å². The molecule has 1 aromatic rings. The molecule has 126 valence electrons. The maximum absolute atomic E-state index is 12.8. The lowest BCUT2D eigenvalue weighted by atomic mass is 9.92. The topological polar surface area (TPSA) is 45.5 Å². The molecule has 1 aromatic heterocycles. The van der Waals surface area contributed by atoms with E-state index in [0.717, 1.165) is 23.6 Å². The molecule has 5 nitrogen and oxygen atoms in total. The second-order valence-electron chi connectivity index (χ2n) is 5.78. The van der Waals surface area contributed by atoms with Crippen LogP contribution in [0, 0.1) is 11.8 Å². The van der Waals surface area contributed by atoms with Gasteiger partial charge in [0, 0.05) is 32.5 Å². The van der Waals surface area contributed by atoms with Crippen LogP contribution in [0.2, 0.25) is 0 Å². The van der Waals surface area contributed by atoms with Crippen molar-refractivity contribution in [3.63, 3.8) is 0 Å². The number of aliphatic imine (C=N–C) groups is 1. The van der Waals surface area contributed by atoms with Gasteiger partial charge in [0.2, 0.25) is 0 Å². The number of likely N-dealkylation sites (tertiary alicyclic amines) is 1. The number of halogens is 3. The smallest absolute Gasteiger partial charge is 0.319 e. The molecule has 8 heteroatoms. The Balaban J connectivity index is 0.00000242. The number of aromatic nitrogens is 2. The molecular weight excluding hydrogens is 403 g/mol. The van der Waals surface area contributed by atoms with Crippen LogP contribution in [0.4, 0.5) is 8.78 Å². The highest BCUT2D eigenvalue weighted by Crippen LogP contribution is 2.21. The van der Waals surface area contributed by atoms with Gasteiger partial charge >= 0.3 is 6.55 Å². The highest BCUT2D eigenvalue weighted by molar-refractivity contribution is 14.0. The number of hydrogen-bond donors (Lipinski definition) is 1. The zero-order valence-electron chi connectivity index (χ0n) is 13.2. The fourth-order valence-electron chi connectivity index (χ4n) is 2.98. The second kappa shape index (κ2) is 8.64. The molecule has 0 saturated carbocycles. The van der Waals surface area contributed by atoms with Gasteiger partial charge in [-0.1, -0.05) is 13.8 Å². The van der Waals surface area contributed by atoms with Crippen LogP contribution in [0.25, 0.3) is 0 Å². The maximum Gasteiger partial charge on any atom is 0.319 e. The molecule has 0 radical (unpaired) electrons. The van der Waals surface area contributed by atoms with Crippen molar-refractivity contribution in [2.45, 2.75) is 33.4 Å². The number of imidazole rings is 1.